The Morgan fingerprint density at radius 3 is 2.33 bits per heavy atom. The van der Waals surface area contributed by atoms with Crippen LogP contribution in [0.3, 0.4) is 0 Å². The number of sulfonamides is 1. The van der Waals surface area contributed by atoms with Gasteiger partial charge < -0.3 is 10.6 Å². The molecule has 0 amide bonds. The van der Waals surface area contributed by atoms with Crippen molar-refractivity contribution in [2.24, 2.45) is 10.9 Å². The standard InChI is InChI=1S/C13H28N4O2S.HI/c1-14-13(16-10-11-17-20(2,18)19)15-9-5-8-12-6-3-4-7-12;/h12,17H,3-11H2,1-2H3,(H2,14,15,16);1H. The molecule has 0 atom stereocenters. The summed E-state index contributed by atoms with van der Waals surface area (Å²) < 4.78 is 24.2. The molecule has 1 aliphatic carbocycles. The summed E-state index contributed by atoms with van der Waals surface area (Å²) in [6, 6.07) is 0. The number of hydrogen-bond acceptors (Lipinski definition) is 3. The van der Waals surface area contributed by atoms with E-state index in [2.05, 4.69) is 20.3 Å². The minimum Gasteiger partial charge on any atom is -0.356 e. The highest BCUT2D eigenvalue weighted by molar-refractivity contribution is 14.0. The van der Waals surface area contributed by atoms with Gasteiger partial charge in [-0.05, 0) is 18.8 Å². The van der Waals surface area contributed by atoms with Crippen LogP contribution in [0.5, 0.6) is 0 Å². The van der Waals surface area contributed by atoms with Crippen LogP contribution < -0.4 is 15.4 Å². The maximum absolute atomic E-state index is 10.9. The number of rotatable bonds is 8. The summed E-state index contributed by atoms with van der Waals surface area (Å²) in [7, 11) is -1.39. The zero-order chi connectivity index (χ0) is 14.8. The maximum Gasteiger partial charge on any atom is 0.208 e. The fraction of sp³-hybridized carbons (Fsp3) is 0.923. The van der Waals surface area contributed by atoms with Crippen molar-refractivity contribution in [2.75, 3.05) is 32.9 Å². The van der Waals surface area contributed by atoms with Crippen molar-refractivity contribution < 1.29 is 8.42 Å². The molecule has 6 nitrogen and oxygen atoms in total. The highest BCUT2D eigenvalue weighted by atomic mass is 127. The summed E-state index contributed by atoms with van der Waals surface area (Å²) in [6.07, 6.45) is 9.19. The Bertz CT molecular complexity index is 395. The first kappa shape index (κ1) is 20.9. The summed E-state index contributed by atoms with van der Waals surface area (Å²) >= 11 is 0. The number of aliphatic imine (C=N–C) groups is 1. The molecule has 21 heavy (non-hydrogen) atoms. The third-order valence-corrected chi connectivity index (χ3v) is 4.29. The minimum absolute atomic E-state index is 0. The van der Waals surface area contributed by atoms with E-state index in [1.54, 1.807) is 7.05 Å². The summed E-state index contributed by atoms with van der Waals surface area (Å²) in [4.78, 5) is 4.11. The van der Waals surface area contributed by atoms with Gasteiger partial charge in [0.2, 0.25) is 10.0 Å². The Kier molecular flexibility index (Phi) is 11.4. The number of guanidine groups is 1. The van der Waals surface area contributed by atoms with Crippen LogP contribution in [0.1, 0.15) is 38.5 Å². The zero-order valence-electron chi connectivity index (χ0n) is 13.0. The van der Waals surface area contributed by atoms with Crippen molar-refractivity contribution in [2.45, 2.75) is 38.5 Å². The molecule has 0 heterocycles. The van der Waals surface area contributed by atoms with Crippen molar-refractivity contribution >= 4 is 40.0 Å². The Labute approximate surface area is 146 Å². The number of nitrogens with zero attached hydrogens (tertiary/aromatic N) is 1. The van der Waals surface area contributed by atoms with Crippen LogP contribution in [-0.4, -0.2) is 47.3 Å². The van der Waals surface area contributed by atoms with Crippen molar-refractivity contribution in [3.63, 3.8) is 0 Å². The van der Waals surface area contributed by atoms with E-state index in [0.717, 1.165) is 31.1 Å². The number of hydrogen-bond donors (Lipinski definition) is 3. The van der Waals surface area contributed by atoms with Crippen molar-refractivity contribution in [1.29, 1.82) is 0 Å². The Balaban J connectivity index is 0.00000400. The highest BCUT2D eigenvalue weighted by Crippen LogP contribution is 2.28. The average Bonchev–Trinajstić information content (AvgIpc) is 2.88. The minimum atomic E-state index is -3.11. The molecule has 0 bridgehead atoms. The summed E-state index contributed by atoms with van der Waals surface area (Å²) in [5.41, 5.74) is 0. The van der Waals surface area contributed by atoms with Gasteiger partial charge in [0, 0.05) is 26.7 Å². The zero-order valence-corrected chi connectivity index (χ0v) is 16.2. The van der Waals surface area contributed by atoms with E-state index < -0.39 is 10.0 Å². The van der Waals surface area contributed by atoms with E-state index in [-0.39, 0.29) is 24.0 Å². The van der Waals surface area contributed by atoms with E-state index in [4.69, 9.17) is 0 Å². The molecule has 1 fully saturated rings. The lowest BCUT2D eigenvalue weighted by Gasteiger charge is -2.13. The largest absolute Gasteiger partial charge is 0.356 e. The van der Waals surface area contributed by atoms with E-state index in [9.17, 15) is 8.42 Å². The molecule has 8 heteroatoms. The fourth-order valence-electron chi connectivity index (χ4n) is 2.53. The van der Waals surface area contributed by atoms with Crippen LogP contribution in [0, 0.1) is 5.92 Å². The first-order chi connectivity index (χ1) is 9.51. The third kappa shape index (κ3) is 11.2. The SMILES string of the molecule is CN=C(NCCCC1CCCC1)NCCNS(C)(=O)=O.I. The summed E-state index contributed by atoms with van der Waals surface area (Å²) in [5.74, 6) is 1.65. The van der Waals surface area contributed by atoms with E-state index in [0.29, 0.717) is 13.1 Å². The van der Waals surface area contributed by atoms with Crippen molar-refractivity contribution in [1.82, 2.24) is 15.4 Å². The van der Waals surface area contributed by atoms with Crippen LogP contribution in [0.15, 0.2) is 4.99 Å². The van der Waals surface area contributed by atoms with Gasteiger partial charge in [0.05, 0.1) is 6.26 Å². The Morgan fingerprint density at radius 2 is 1.76 bits per heavy atom. The fourth-order valence-corrected chi connectivity index (χ4v) is 3.01. The van der Waals surface area contributed by atoms with E-state index >= 15 is 0 Å². The summed E-state index contributed by atoms with van der Waals surface area (Å²) in [5, 5.41) is 6.34. The van der Waals surface area contributed by atoms with E-state index in [1.165, 1.54) is 32.1 Å². The van der Waals surface area contributed by atoms with Gasteiger partial charge in [-0.3, -0.25) is 4.99 Å². The van der Waals surface area contributed by atoms with Gasteiger partial charge in [-0.2, -0.15) is 0 Å². The highest BCUT2D eigenvalue weighted by Gasteiger charge is 2.13. The number of halogens is 1. The van der Waals surface area contributed by atoms with E-state index in [1.807, 2.05) is 0 Å². The molecular formula is C13H29IN4O2S. The second-order valence-corrected chi connectivity index (χ2v) is 7.22. The molecule has 0 unspecified atom stereocenters. The van der Waals surface area contributed by atoms with Gasteiger partial charge in [-0.25, -0.2) is 13.1 Å². The lowest BCUT2D eigenvalue weighted by atomic mass is 10.0. The molecule has 0 radical (unpaired) electrons. The summed E-state index contributed by atoms with van der Waals surface area (Å²) in [6.45, 7) is 1.80. The van der Waals surface area contributed by atoms with Crippen LogP contribution in [0.2, 0.25) is 0 Å². The third-order valence-electron chi connectivity index (χ3n) is 3.56. The van der Waals surface area contributed by atoms with Gasteiger partial charge in [-0.15, -0.1) is 24.0 Å². The van der Waals surface area contributed by atoms with Crippen LogP contribution in [0.25, 0.3) is 0 Å². The molecule has 0 aromatic heterocycles. The van der Waals surface area contributed by atoms with Crippen LogP contribution >= 0.6 is 24.0 Å². The monoisotopic (exact) mass is 432 g/mol. The molecule has 1 rings (SSSR count). The predicted octanol–water partition coefficient (Wildman–Crippen LogP) is 1.29. The molecular weight excluding hydrogens is 403 g/mol. The van der Waals surface area contributed by atoms with Gasteiger partial charge >= 0.3 is 0 Å². The molecule has 0 spiro atoms. The van der Waals surface area contributed by atoms with Gasteiger partial charge in [0.25, 0.3) is 0 Å². The van der Waals surface area contributed by atoms with Crippen LogP contribution in [-0.2, 0) is 10.0 Å². The van der Waals surface area contributed by atoms with Gasteiger partial charge in [-0.1, -0.05) is 25.7 Å². The normalized spacial score (nSPS) is 16.6. The molecule has 1 aliphatic rings. The maximum atomic E-state index is 10.9. The lowest BCUT2D eigenvalue weighted by Crippen LogP contribution is -2.41. The van der Waals surface area contributed by atoms with Crippen molar-refractivity contribution in [3.8, 4) is 0 Å². The molecule has 1 saturated carbocycles. The first-order valence-electron chi connectivity index (χ1n) is 7.40. The molecule has 0 aromatic carbocycles. The predicted molar refractivity (Wildman–Crippen MR) is 98.8 cm³/mol. The molecule has 0 aromatic rings. The molecule has 126 valence electrons. The topological polar surface area (TPSA) is 82.6 Å². The lowest BCUT2D eigenvalue weighted by molar-refractivity contribution is 0.481. The first-order valence-corrected chi connectivity index (χ1v) is 9.29. The number of nitrogens with one attached hydrogen (secondary N) is 3. The quantitative estimate of drug-likeness (QED) is 0.234. The second kappa shape index (κ2) is 11.5. The second-order valence-electron chi connectivity index (χ2n) is 5.38. The Morgan fingerprint density at radius 1 is 1.14 bits per heavy atom. The van der Waals surface area contributed by atoms with Crippen LogP contribution in [0.4, 0.5) is 0 Å². The van der Waals surface area contributed by atoms with Gasteiger partial charge in [0.1, 0.15) is 0 Å². The molecule has 0 aliphatic heterocycles. The Hall–Kier alpha value is -0.0900. The average molecular weight is 432 g/mol. The molecule has 3 N–H and O–H groups in total. The van der Waals surface area contributed by atoms with Gasteiger partial charge in [0.15, 0.2) is 5.96 Å². The molecule has 0 saturated heterocycles. The smallest absolute Gasteiger partial charge is 0.208 e. The van der Waals surface area contributed by atoms with Crippen molar-refractivity contribution in [3.05, 3.63) is 0 Å².